The SMILES string of the molecule is CCCCCCN=C(C)c1c(O)n(C2CCCCC2)c(=O)[nH]c1=O. The van der Waals surface area contributed by atoms with Crippen molar-refractivity contribution in [2.24, 2.45) is 4.99 Å². The standard InChI is InChI=1S/C18H29N3O3/c1-3-4-5-9-12-19-13(2)15-16(22)20-18(24)21(17(15)23)14-10-7-6-8-11-14/h14,23H,3-12H2,1-2H3,(H,20,22,24). The van der Waals surface area contributed by atoms with Gasteiger partial charge in [0.2, 0.25) is 5.88 Å². The Morgan fingerprint density at radius 3 is 2.58 bits per heavy atom. The summed E-state index contributed by atoms with van der Waals surface area (Å²) >= 11 is 0. The lowest BCUT2D eigenvalue weighted by atomic mass is 9.95. The van der Waals surface area contributed by atoms with Gasteiger partial charge in [-0.2, -0.15) is 0 Å². The van der Waals surface area contributed by atoms with Gasteiger partial charge in [-0.05, 0) is 26.2 Å². The molecule has 0 radical (unpaired) electrons. The number of rotatable bonds is 7. The third-order valence-corrected chi connectivity index (χ3v) is 4.78. The van der Waals surface area contributed by atoms with Gasteiger partial charge in [0.25, 0.3) is 5.56 Å². The zero-order valence-corrected chi connectivity index (χ0v) is 14.8. The van der Waals surface area contributed by atoms with E-state index in [1.807, 2.05) is 0 Å². The summed E-state index contributed by atoms with van der Waals surface area (Å²) in [6.45, 7) is 4.51. The van der Waals surface area contributed by atoms with Crippen LogP contribution in [0.4, 0.5) is 0 Å². The van der Waals surface area contributed by atoms with E-state index in [1.165, 1.54) is 11.0 Å². The molecule has 1 aliphatic rings. The molecule has 1 saturated carbocycles. The molecule has 0 atom stereocenters. The first-order valence-corrected chi connectivity index (χ1v) is 9.15. The van der Waals surface area contributed by atoms with Crippen LogP contribution in [0.5, 0.6) is 5.88 Å². The fraction of sp³-hybridized carbons (Fsp3) is 0.722. The van der Waals surface area contributed by atoms with Gasteiger partial charge in [0.15, 0.2) is 0 Å². The topological polar surface area (TPSA) is 87.4 Å². The highest BCUT2D eigenvalue weighted by Gasteiger charge is 2.23. The van der Waals surface area contributed by atoms with Gasteiger partial charge in [-0.25, -0.2) is 4.79 Å². The quantitative estimate of drug-likeness (QED) is 0.593. The lowest BCUT2D eigenvalue weighted by Crippen LogP contribution is -2.36. The van der Waals surface area contributed by atoms with Crippen LogP contribution in [0.1, 0.15) is 83.2 Å². The molecule has 6 nitrogen and oxygen atoms in total. The maximum absolute atomic E-state index is 12.2. The molecule has 2 N–H and O–H groups in total. The number of nitrogens with zero attached hydrogens (tertiary/aromatic N) is 2. The number of unbranched alkanes of at least 4 members (excludes halogenated alkanes) is 3. The van der Waals surface area contributed by atoms with Crippen molar-refractivity contribution >= 4 is 5.71 Å². The van der Waals surface area contributed by atoms with Crippen molar-refractivity contribution in [1.29, 1.82) is 0 Å². The molecule has 1 aromatic heterocycles. The Labute approximate surface area is 142 Å². The van der Waals surface area contributed by atoms with Crippen molar-refractivity contribution < 1.29 is 5.11 Å². The number of hydrogen-bond donors (Lipinski definition) is 2. The molecule has 0 saturated heterocycles. The lowest BCUT2D eigenvalue weighted by Gasteiger charge is -2.25. The van der Waals surface area contributed by atoms with Crippen LogP contribution in [0, 0.1) is 0 Å². The third-order valence-electron chi connectivity index (χ3n) is 4.78. The van der Waals surface area contributed by atoms with Gasteiger partial charge in [-0.1, -0.05) is 45.4 Å². The highest BCUT2D eigenvalue weighted by Crippen LogP contribution is 2.30. The molecule has 134 valence electrons. The number of nitrogens with one attached hydrogen (secondary N) is 1. The van der Waals surface area contributed by atoms with Gasteiger partial charge in [-0.3, -0.25) is 19.3 Å². The Hall–Kier alpha value is -1.85. The summed E-state index contributed by atoms with van der Waals surface area (Å²) in [4.78, 5) is 31.1. The van der Waals surface area contributed by atoms with E-state index in [-0.39, 0.29) is 17.5 Å². The minimum atomic E-state index is -0.556. The van der Waals surface area contributed by atoms with Crippen LogP contribution >= 0.6 is 0 Å². The molecule has 24 heavy (non-hydrogen) atoms. The maximum atomic E-state index is 12.2. The monoisotopic (exact) mass is 335 g/mol. The van der Waals surface area contributed by atoms with Gasteiger partial charge < -0.3 is 5.11 Å². The molecule has 0 aromatic carbocycles. The first-order chi connectivity index (χ1) is 11.6. The normalized spacial score (nSPS) is 16.5. The largest absolute Gasteiger partial charge is 0.494 e. The van der Waals surface area contributed by atoms with Gasteiger partial charge in [0, 0.05) is 18.3 Å². The fourth-order valence-electron chi connectivity index (χ4n) is 3.41. The van der Waals surface area contributed by atoms with Crippen LogP contribution in [-0.4, -0.2) is 26.9 Å². The number of aromatic amines is 1. The van der Waals surface area contributed by atoms with Crippen LogP contribution in [0.2, 0.25) is 0 Å². The molecule has 1 aliphatic carbocycles. The van der Waals surface area contributed by atoms with E-state index in [2.05, 4.69) is 16.9 Å². The van der Waals surface area contributed by atoms with E-state index in [0.717, 1.165) is 51.4 Å². The van der Waals surface area contributed by atoms with Crippen LogP contribution < -0.4 is 11.2 Å². The maximum Gasteiger partial charge on any atom is 0.331 e. The van der Waals surface area contributed by atoms with Gasteiger partial charge >= 0.3 is 5.69 Å². The second-order valence-corrected chi connectivity index (χ2v) is 6.65. The van der Waals surface area contributed by atoms with Crippen molar-refractivity contribution in [2.45, 2.75) is 77.7 Å². The third kappa shape index (κ3) is 4.36. The summed E-state index contributed by atoms with van der Waals surface area (Å²) < 4.78 is 1.35. The van der Waals surface area contributed by atoms with Crippen LogP contribution in [0.15, 0.2) is 14.6 Å². The highest BCUT2D eigenvalue weighted by molar-refractivity contribution is 6.00. The highest BCUT2D eigenvalue weighted by atomic mass is 16.3. The summed E-state index contributed by atoms with van der Waals surface area (Å²) in [5.41, 5.74) is -0.450. The van der Waals surface area contributed by atoms with Crippen molar-refractivity contribution in [2.75, 3.05) is 6.54 Å². The van der Waals surface area contributed by atoms with Gasteiger partial charge in [0.05, 0.1) is 0 Å². The average Bonchev–Trinajstić information content (AvgIpc) is 2.55. The van der Waals surface area contributed by atoms with Crippen molar-refractivity contribution in [3.63, 3.8) is 0 Å². The zero-order chi connectivity index (χ0) is 17.5. The number of aromatic hydroxyl groups is 1. The molecular formula is C18H29N3O3. The van der Waals surface area contributed by atoms with Crippen molar-refractivity contribution in [1.82, 2.24) is 9.55 Å². The summed E-state index contributed by atoms with van der Waals surface area (Å²) in [5.74, 6) is -0.231. The molecule has 1 fully saturated rings. The Bertz CT molecular complexity index is 682. The van der Waals surface area contributed by atoms with Gasteiger partial charge in [0.1, 0.15) is 5.56 Å². The minimum Gasteiger partial charge on any atom is -0.494 e. The molecular weight excluding hydrogens is 306 g/mol. The summed E-state index contributed by atoms with van der Waals surface area (Å²) in [7, 11) is 0. The smallest absolute Gasteiger partial charge is 0.331 e. The van der Waals surface area contributed by atoms with Crippen LogP contribution in [-0.2, 0) is 0 Å². The fourth-order valence-corrected chi connectivity index (χ4v) is 3.41. The van der Waals surface area contributed by atoms with E-state index in [9.17, 15) is 14.7 Å². The first kappa shape index (κ1) is 18.5. The molecule has 0 bridgehead atoms. The van der Waals surface area contributed by atoms with Gasteiger partial charge in [-0.15, -0.1) is 0 Å². The molecule has 0 spiro atoms. The summed E-state index contributed by atoms with van der Waals surface area (Å²) in [6, 6.07) is -0.0424. The Balaban J connectivity index is 2.27. The second-order valence-electron chi connectivity index (χ2n) is 6.65. The molecule has 2 rings (SSSR count). The summed E-state index contributed by atoms with van der Waals surface area (Å²) in [5, 5.41) is 10.6. The Kier molecular flexibility index (Phi) is 6.82. The number of aromatic nitrogens is 2. The number of hydrogen-bond acceptors (Lipinski definition) is 4. The Morgan fingerprint density at radius 1 is 1.21 bits per heavy atom. The van der Waals surface area contributed by atoms with Crippen molar-refractivity contribution in [3.05, 3.63) is 26.4 Å². The minimum absolute atomic E-state index is 0.0424. The average molecular weight is 335 g/mol. The molecule has 0 amide bonds. The van der Waals surface area contributed by atoms with Crippen molar-refractivity contribution in [3.8, 4) is 5.88 Å². The van der Waals surface area contributed by atoms with E-state index >= 15 is 0 Å². The predicted molar refractivity (Wildman–Crippen MR) is 96.3 cm³/mol. The van der Waals surface area contributed by atoms with E-state index < -0.39 is 11.2 Å². The lowest BCUT2D eigenvalue weighted by molar-refractivity contribution is 0.298. The molecule has 1 aromatic rings. The first-order valence-electron chi connectivity index (χ1n) is 9.15. The Morgan fingerprint density at radius 2 is 1.92 bits per heavy atom. The van der Waals surface area contributed by atoms with E-state index in [4.69, 9.17) is 0 Å². The molecule has 0 unspecified atom stereocenters. The van der Waals surface area contributed by atoms with Crippen LogP contribution in [0.3, 0.4) is 0 Å². The van der Waals surface area contributed by atoms with Crippen LogP contribution in [0.25, 0.3) is 0 Å². The predicted octanol–water partition coefficient (Wildman–Crippen LogP) is 3.14. The molecule has 6 heteroatoms. The molecule has 1 heterocycles. The van der Waals surface area contributed by atoms with E-state index in [1.54, 1.807) is 6.92 Å². The second kappa shape index (κ2) is 8.85. The molecule has 0 aliphatic heterocycles. The number of aliphatic imine (C=N–C) groups is 1. The number of H-pyrrole nitrogens is 1. The zero-order valence-electron chi connectivity index (χ0n) is 14.8. The summed E-state index contributed by atoms with van der Waals surface area (Å²) in [6.07, 6.45) is 9.34. The van der Waals surface area contributed by atoms with E-state index in [0.29, 0.717) is 12.3 Å².